The van der Waals surface area contributed by atoms with E-state index in [-0.39, 0.29) is 11.3 Å². The molecule has 2 aromatic carbocycles. The molecule has 0 aliphatic carbocycles. The van der Waals surface area contributed by atoms with Crippen LogP contribution in [0.2, 0.25) is 0 Å². The Bertz CT molecular complexity index is 993. The molecule has 2 aromatic rings. The van der Waals surface area contributed by atoms with Gasteiger partial charge >= 0.3 is 0 Å². The SMILES string of the molecule is C/C=C(\CC)c1ccc(NC(=O)c2ccc(C3=CCNCC3)cc2C)c(F)c1F. The van der Waals surface area contributed by atoms with Gasteiger partial charge in [0.15, 0.2) is 11.6 Å². The van der Waals surface area contributed by atoms with Crippen molar-refractivity contribution < 1.29 is 13.6 Å². The largest absolute Gasteiger partial charge is 0.319 e. The van der Waals surface area contributed by atoms with E-state index in [0.717, 1.165) is 36.2 Å². The summed E-state index contributed by atoms with van der Waals surface area (Å²) in [4.78, 5) is 12.7. The van der Waals surface area contributed by atoms with Crippen molar-refractivity contribution >= 4 is 22.7 Å². The first-order chi connectivity index (χ1) is 14.0. The second-order valence-electron chi connectivity index (χ2n) is 7.12. The van der Waals surface area contributed by atoms with Crippen LogP contribution in [0.5, 0.6) is 0 Å². The predicted octanol–water partition coefficient (Wildman–Crippen LogP) is 5.72. The molecule has 29 heavy (non-hydrogen) atoms. The second kappa shape index (κ2) is 9.14. The molecule has 0 fully saturated rings. The normalized spacial score (nSPS) is 14.5. The maximum absolute atomic E-state index is 14.5. The Labute approximate surface area is 170 Å². The fourth-order valence-electron chi connectivity index (χ4n) is 3.64. The summed E-state index contributed by atoms with van der Waals surface area (Å²) >= 11 is 0. The highest BCUT2D eigenvalue weighted by Gasteiger charge is 2.18. The molecule has 0 saturated heterocycles. The van der Waals surface area contributed by atoms with Gasteiger partial charge in [0, 0.05) is 17.7 Å². The van der Waals surface area contributed by atoms with Crippen LogP contribution in [0.1, 0.15) is 53.7 Å². The summed E-state index contributed by atoms with van der Waals surface area (Å²) in [6.07, 6.45) is 5.44. The van der Waals surface area contributed by atoms with E-state index in [9.17, 15) is 13.6 Å². The molecule has 0 unspecified atom stereocenters. The van der Waals surface area contributed by atoms with Crippen molar-refractivity contribution in [2.75, 3.05) is 18.4 Å². The van der Waals surface area contributed by atoms with Crippen LogP contribution in [0.4, 0.5) is 14.5 Å². The summed E-state index contributed by atoms with van der Waals surface area (Å²) in [6, 6.07) is 8.52. The van der Waals surface area contributed by atoms with E-state index in [4.69, 9.17) is 0 Å². The number of aryl methyl sites for hydroxylation is 1. The van der Waals surface area contributed by atoms with Gasteiger partial charge in [-0.2, -0.15) is 0 Å². The highest BCUT2D eigenvalue weighted by atomic mass is 19.2. The van der Waals surface area contributed by atoms with E-state index >= 15 is 0 Å². The smallest absolute Gasteiger partial charge is 0.256 e. The van der Waals surface area contributed by atoms with Crippen molar-refractivity contribution in [2.24, 2.45) is 0 Å². The topological polar surface area (TPSA) is 41.1 Å². The zero-order valence-electron chi connectivity index (χ0n) is 17.0. The average molecular weight is 396 g/mol. The van der Waals surface area contributed by atoms with Crippen molar-refractivity contribution in [2.45, 2.75) is 33.6 Å². The lowest BCUT2D eigenvalue weighted by molar-refractivity contribution is 0.102. The van der Waals surface area contributed by atoms with Crippen LogP contribution in [-0.4, -0.2) is 19.0 Å². The lowest BCUT2D eigenvalue weighted by Gasteiger charge is -2.16. The van der Waals surface area contributed by atoms with Gasteiger partial charge in [-0.05, 0) is 73.7 Å². The third-order valence-corrected chi connectivity index (χ3v) is 5.31. The molecule has 0 bridgehead atoms. The highest BCUT2D eigenvalue weighted by molar-refractivity contribution is 6.05. The summed E-state index contributed by atoms with van der Waals surface area (Å²) in [7, 11) is 0. The maximum Gasteiger partial charge on any atom is 0.256 e. The van der Waals surface area contributed by atoms with E-state index < -0.39 is 17.5 Å². The number of amides is 1. The third kappa shape index (κ3) is 4.46. The molecule has 0 aromatic heterocycles. The van der Waals surface area contributed by atoms with Crippen molar-refractivity contribution in [1.29, 1.82) is 0 Å². The molecule has 1 aliphatic rings. The number of nitrogens with one attached hydrogen (secondary N) is 2. The summed E-state index contributed by atoms with van der Waals surface area (Å²) in [5.41, 5.74) is 4.35. The number of hydrogen-bond acceptors (Lipinski definition) is 2. The minimum atomic E-state index is -1.04. The molecule has 1 aliphatic heterocycles. The molecule has 3 rings (SSSR count). The summed E-state index contributed by atoms with van der Waals surface area (Å²) in [5.74, 6) is -2.44. The van der Waals surface area contributed by atoms with E-state index in [1.165, 1.54) is 17.7 Å². The van der Waals surface area contributed by atoms with Gasteiger partial charge in [0.25, 0.3) is 5.91 Å². The fraction of sp³-hybridized carbons (Fsp3) is 0.292. The quantitative estimate of drug-likeness (QED) is 0.679. The molecular formula is C24H26F2N2O. The number of carbonyl (C=O) groups is 1. The first-order valence-electron chi connectivity index (χ1n) is 9.92. The molecule has 1 heterocycles. The fourth-order valence-corrected chi connectivity index (χ4v) is 3.64. The Morgan fingerprint density at radius 2 is 1.93 bits per heavy atom. The maximum atomic E-state index is 14.5. The Balaban J connectivity index is 1.83. The number of hydrogen-bond donors (Lipinski definition) is 2. The lowest BCUT2D eigenvalue weighted by Crippen LogP contribution is -2.20. The predicted molar refractivity (Wildman–Crippen MR) is 115 cm³/mol. The molecule has 0 atom stereocenters. The molecule has 2 N–H and O–H groups in total. The average Bonchev–Trinajstić information content (AvgIpc) is 2.74. The van der Waals surface area contributed by atoms with Crippen molar-refractivity contribution in [3.05, 3.63) is 76.4 Å². The van der Waals surface area contributed by atoms with Gasteiger partial charge < -0.3 is 10.6 Å². The van der Waals surface area contributed by atoms with Crippen LogP contribution in [0.15, 0.2) is 42.5 Å². The molecule has 3 nitrogen and oxygen atoms in total. The molecule has 0 radical (unpaired) electrons. The molecule has 0 spiro atoms. The van der Waals surface area contributed by atoms with E-state index in [0.29, 0.717) is 12.0 Å². The van der Waals surface area contributed by atoms with Crippen molar-refractivity contribution in [1.82, 2.24) is 5.32 Å². The van der Waals surface area contributed by atoms with Gasteiger partial charge in [-0.15, -0.1) is 0 Å². The van der Waals surface area contributed by atoms with E-state index in [1.54, 1.807) is 19.1 Å². The molecule has 5 heteroatoms. The second-order valence-corrected chi connectivity index (χ2v) is 7.12. The zero-order chi connectivity index (χ0) is 21.0. The monoisotopic (exact) mass is 396 g/mol. The van der Waals surface area contributed by atoms with Gasteiger partial charge in [-0.25, -0.2) is 8.78 Å². The Morgan fingerprint density at radius 3 is 2.55 bits per heavy atom. The van der Waals surface area contributed by atoms with Crippen LogP contribution in [0.3, 0.4) is 0 Å². The van der Waals surface area contributed by atoms with Crippen LogP contribution >= 0.6 is 0 Å². The molecule has 0 saturated carbocycles. The summed E-state index contributed by atoms with van der Waals surface area (Å²) < 4.78 is 29.0. The first-order valence-corrected chi connectivity index (χ1v) is 9.92. The summed E-state index contributed by atoms with van der Waals surface area (Å²) in [6.45, 7) is 7.29. The first kappa shape index (κ1) is 20.9. The van der Waals surface area contributed by atoms with Crippen molar-refractivity contribution in [3.63, 3.8) is 0 Å². The van der Waals surface area contributed by atoms with Gasteiger partial charge in [0.05, 0.1) is 5.69 Å². The Kier molecular flexibility index (Phi) is 6.60. The zero-order valence-corrected chi connectivity index (χ0v) is 17.0. The van der Waals surface area contributed by atoms with Crippen LogP contribution in [0, 0.1) is 18.6 Å². The third-order valence-electron chi connectivity index (χ3n) is 5.31. The minimum Gasteiger partial charge on any atom is -0.319 e. The lowest BCUT2D eigenvalue weighted by atomic mass is 9.96. The van der Waals surface area contributed by atoms with Crippen LogP contribution < -0.4 is 10.6 Å². The Morgan fingerprint density at radius 1 is 1.17 bits per heavy atom. The standard InChI is InChI=1S/C24H26F2N2O/c1-4-16(5-2)20-8-9-21(23(26)22(20)25)28-24(29)19-7-6-18(14-15(19)3)17-10-12-27-13-11-17/h4,6-10,14,27H,5,11-13H2,1-3H3,(H,28,29)/b16-4+. The Hall–Kier alpha value is -2.79. The number of halogens is 2. The van der Waals surface area contributed by atoms with E-state index in [2.05, 4.69) is 16.7 Å². The van der Waals surface area contributed by atoms with Gasteiger partial charge in [0.2, 0.25) is 0 Å². The number of carbonyl (C=O) groups excluding carboxylic acids is 1. The number of benzene rings is 2. The van der Waals surface area contributed by atoms with Gasteiger partial charge in [0.1, 0.15) is 0 Å². The number of anilines is 1. The van der Waals surface area contributed by atoms with Gasteiger partial charge in [-0.3, -0.25) is 4.79 Å². The van der Waals surface area contributed by atoms with Crippen LogP contribution in [0.25, 0.3) is 11.1 Å². The number of rotatable bonds is 5. The molecule has 152 valence electrons. The van der Waals surface area contributed by atoms with Crippen LogP contribution in [-0.2, 0) is 0 Å². The highest BCUT2D eigenvalue weighted by Crippen LogP contribution is 2.28. The number of allylic oxidation sites excluding steroid dienone is 2. The van der Waals surface area contributed by atoms with Gasteiger partial charge in [-0.1, -0.05) is 31.2 Å². The molecular weight excluding hydrogens is 370 g/mol. The molecule has 1 amide bonds. The van der Waals surface area contributed by atoms with E-state index in [1.807, 2.05) is 26.0 Å². The summed E-state index contributed by atoms with van der Waals surface area (Å²) in [5, 5.41) is 5.79. The minimum absolute atomic E-state index is 0.160. The van der Waals surface area contributed by atoms with Crippen molar-refractivity contribution in [3.8, 4) is 0 Å².